The summed E-state index contributed by atoms with van der Waals surface area (Å²) in [6, 6.07) is 2.92. The van der Waals surface area contributed by atoms with E-state index in [1.165, 1.54) is 7.11 Å². The Labute approximate surface area is 106 Å². The lowest BCUT2D eigenvalue weighted by Gasteiger charge is -2.14. The van der Waals surface area contributed by atoms with Gasteiger partial charge in [-0.3, -0.25) is 4.79 Å². The van der Waals surface area contributed by atoms with E-state index in [0.717, 1.165) is 5.56 Å². The van der Waals surface area contributed by atoms with Crippen LogP contribution in [0, 0.1) is 6.92 Å². The molecule has 4 nitrogen and oxygen atoms in total. The van der Waals surface area contributed by atoms with Crippen molar-refractivity contribution in [1.82, 2.24) is 0 Å². The molecule has 1 atom stereocenters. The minimum absolute atomic E-state index is 0.229. The second-order valence-corrected chi connectivity index (χ2v) is 4.21. The zero-order chi connectivity index (χ0) is 13.0. The molecule has 0 fully saturated rings. The third kappa shape index (κ3) is 3.35. The molecule has 1 aromatic rings. The molecular weight excluding hydrogens is 240 g/mol. The van der Waals surface area contributed by atoms with Gasteiger partial charge in [-0.05, 0) is 25.0 Å². The van der Waals surface area contributed by atoms with Gasteiger partial charge in [0, 0.05) is 11.1 Å². The number of anilines is 1. The number of amides is 1. The minimum Gasteiger partial charge on any atom is -0.495 e. The number of carbonyl (C=O) groups is 1. The Morgan fingerprint density at radius 1 is 1.59 bits per heavy atom. The van der Waals surface area contributed by atoms with Crippen LogP contribution in [0.4, 0.5) is 5.69 Å². The van der Waals surface area contributed by atoms with Crippen LogP contribution in [0.5, 0.6) is 5.75 Å². The number of halogens is 1. The van der Waals surface area contributed by atoms with E-state index in [-0.39, 0.29) is 5.91 Å². The van der Waals surface area contributed by atoms with Gasteiger partial charge in [0.2, 0.25) is 5.91 Å². The molecule has 0 saturated carbocycles. The minimum atomic E-state index is -0.518. The van der Waals surface area contributed by atoms with Gasteiger partial charge in [-0.1, -0.05) is 18.5 Å². The summed E-state index contributed by atoms with van der Waals surface area (Å²) < 4.78 is 5.16. The highest BCUT2D eigenvalue weighted by Gasteiger charge is 2.14. The van der Waals surface area contributed by atoms with E-state index in [1.54, 1.807) is 12.1 Å². The lowest BCUT2D eigenvalue weighted by atomic mass is 10.2. The van der Waals surface area contributed by atoms with Gasteiger partial charge in [0.05, 0.1) is 18.8 Å². The van der Waals surface area contributed by atoms with Crippen LogP contribution >= 0.6 is 11.6 Å². The molecule has 0 saturated heterocycles. The predicted molar refractivity (Wildman–Crippen MR) is 69.6 cm³/mol. The van der Waals surface area contributed by atoms with E-state index >= 15 is 0 Å². The van der Waals surface area contributed by atoms with Gasteiger partial charge in [-0.2, -0.15) is 0 Å². The molecule has 1 unspecified atom stereocenters. The van der Waals surface area contributed by atoms with Crippen LogP contribution in [0.1, 0.15) is 18.9 Å². The monoisotopic (exact) mass is 256 g/mol. The van der Waals surface area contributed by atoms with Crippen molar-refractivity contribution in [2.75, 3.05) is 12.4 Å². The molecule has 0 radical (unpaired) electrons. The average molecular weight is 257 g/mol. The number of carbonyl (C=O) groups excluding carboxylic acids is 1. The molecule has 1 rings (SSSR count). The number of ether oxygens (including phenoxy) is 1. The lowest BCUT2D eigenvalue weighted by molar-refractivity contribution is -0.117. The van der Waals surface area contributed by atoms with E-state index in [4.69, 9.17) is 22.1 Å². The number of aryl methyl sites for hydroxylation is 1. The number of rotatable bonds is 4. The van der Waals surface area contributed by atoms with Gasteiger partial charge in [0.15, 0.2) is 0 Å². The first kappa shape index (κ1) is 13.8. The maximum Gasteiger partial charge on any atom is 0.241 e. The third-order valence-corrected chi connectivity index (χ3v) is 2.92. The van der Waals surface area contributed by atoms with E-state index in [2.05, 4.69) is 5.32 Å². The van der Waals surface area contributed by atoms with Gasteiger partial charge in [0.1, 0.15) is 5.75 Å². The smallest absolute Gasteiger partial charge is 0.241 e. The summed E-state index contributed by atoms with van der Waals surface area (Å²) in [5.74, 6) is 0.296. The third-order valence-electron chi connectivity index (χ3n) is 2.52. The first-order chi connectivity index (χ1) is 7.99. The Morgan fingerprint density at radius 2 is 2.24 bits per heavy atom. The van der Waals surface area contributed by atoms with Crippen molar-refractivity contribution in [2.45, 2.75) is 26.3 Å². The molecule has 0 aromatic heterocycles. The van der Waals surface area contributed by atoms with Crippen LogP contribution in [-0.4, -0.2) is 19.1 Å². The van der Waals surface area contributed by atoms with Crippen LogP contribution in [0.25, 0.3) is 0 Å². The molecule has 0 bridgehead atoms. The number of hydrogen-bond acceptors (Lipinski definition) is 3. The maximum atomic E-state index is 11.7. The van der Waals surface area contributed by atoms with Crippen molar-refractivity contribution in [3.05, 3.63) is 22.7 Å². The number of hydrogen-bond donors (Lipinski definition) is 2. The van der Waals surface area contributed by atoms with Crippen molar-refractivity contribution in [1.29, 1.82) is 0 Å². The van der Waals surface area contributed by atoms with Gasteiger partial charge in [-0.15, -0.1) is 0 Å². The van der Waals surface area contributed by atoms with Crippen molar-refractivity contribution in [2.24, 2.45) is 5.73 Å². The van der Waals surface area contributed by atoms with Gasteiger partial charge >= 0.3 is 0 Å². The quantitative estimate of drug-likeness (QED) is 0.869. The zero-order valence-electron chi connectivity index (χ0n) is 10.2. The molecule has 3 N–H and O–H groups in total. The summed E-state index contributed by atoms with van der Waals surface area (Å²) in [7, 11) is 1.52. The van der Waals surface area contributed by atoms with Crippen LogP contribution in [-0.2, 0) is 4.79 Å². The molecule has 5 heteroatoms. The average Bonchev–Trinajstić information content (AvgIpc) is 2.32. The standard InChI is InChI=1S/C12H17ClN2O2/c1-4-9(14)12(16)15-10-5-7(2)8(13)6-11(10)17-3/h5-6,9H,4,14H2,1-3H3,(H,15,16). The Bertz CT molecular complexity index is 421. The van der Waals surface area contributed by atoms with Crippen LogP contribution in [0.15, 0.2) is 12.1 Å². The number of nitrogens with two attached hydrogens (primary N) is 1. The predicted octanol–water partition coefficient (Wildman–Crippen LogP) is 2.33. The van der Waals surface area contributed by atoms with Gasteiger partial charge < -0.3 is 15.8 Å². The first-order valence-electron chi connectivity index (χ1n) is 5.40. The van der Waals surface area contributed by atoms with Crippen LogP contribution in [0.2, 0.25) is 5.02 Å². The number of nitrogens with one attached hydrogen (secondary N) is 1. The fourth-order valence-electron chi connectivity index (χ4n) is 1.34. The molecule has 94 valence electrons. The molecule has 1 aromatic carbocycles. The Kier molecular flexibility index (Phi) is 4.78. The molecule has 0 aliphatic carbocycles. The van der Waals surface area contributed by atoms with Crippen LogP contribution in [0.3, 0.4) is 0 Å². The lowest BCUT2D eigenvalue weighted by Crippen LogP contribution is -2.34. The Hall–Kier alpha value is -1.26. The molecule has 0 heterocycles. The van der Waals surface area contributed by atoms with Crippen molar-refractivity contribution >= 4 is 23.2 Å². The molecular formula is C12H17ClN2O2. The van der Waals surface area contributed by atoms with Gasteiger partial charge in [0.25, 0.3) is 0 Å². The van der Waals surface area contributed by atoms with E-state index in [9.17, 15) is 4.79 Å². The van der Waals surface area contributed by atoms with Crippen LogP contribution < -0.4 is 15.8 Å². The second kappa shape index (κ2) is 5.89. The highest BCUT2D eigenvalue weighted by atomic mass is 35.5. The van der Waals surface area contributed by atoms with Crippen molar-refractivity contribution < 1.29 is 9.53 Å². The zero-order valence-corrected chi connectivity index (χ0v) is 11.0. The number of methoxy groups -OCH3 is 1. The van der Waals surface area contributed by atoms with E-state index in [0.29, 0.717) is 22.9 Å². The van der Waals surface area contributed by atoms with E-state index in [1.807, 2.05) is 13.8 Å². The highest BCUT2D eigenvalue weighted by Crippen LogP contribution is 2.30. The van der Waals surface area contributed by atoms with E-state index < -0.39 is 6.04 Å². The highest BCUT2D eigenvalue weighted by molar-refractivity contribution is 6.31. The molecule has 0 spiro atoms. The largest absolute Gasteiger partial charge is 0.495 e. The maximum absolute atomic E-state index is 11.7. The molecule has 1 amide bonds. The SMILES string of the molecule is CCC(N)C(=O)Nc1cc(C)c(Cl)cc1OC. The van der Waals surface area contributed by atoms with Crippen molar-refractivity contribution in [3.63, 3.8) is 0 Å². The molecule has 0 aliphatic heterocycles. The second-order valence-electron chi connectivity index (χ2n) is 3.81. The van der Waals surface area contributed by atoms with Gasteiger partial charge in [-0.25, -0.2) is 0 Å². The summed E-state index contributed by atoms with van der Waals surface area (Å²) in [5.41, 5.74) is 7.10. The molecule has 17 heavy (non-hydrogen) atoms. The summed E-state index contributed by atoms with van der Waals surface area (Å²) in [5, 5.41) is 3.33. The van der Waals surface area contributed by atoms with Crippen molar-refractivity contribution in [3.8, 4) is 5.75 Å². The molecule has 0 aliphatic rings. The fourth-order valence-corrected chi connectivity index (χ4v) is 1.49. The Morgan fingerprint density at radius 3 is 2.76 bits per heavy atom. The summed E-state index contributed by atoms with van der Waals surface area (Å²) in [6.07, 6.45) is 0.584. The summed E-state index contributed by atoms with van der Waals surface area (Å²) in [6.45, 7) is 3.71. The Balaban J connectivity index is 2.97. The summed E-state index contributed by atoms with van der Waals surface area (Å²) >= 11 is 5.97. The normalized spacial score (nSPS) is 12.1. The topological polar surface area (TPSA) is 64.4 Å². The number of benzene rings is 1. The summed E-state index contributed by atoms with van der Waals surface area (Å²) in [4.78, 5) is 11.7. The fraction of sp³-hybridized carbons (Fsp3) is 0.417. The first-order valence-corrected chi connectivity index (χ1v) is 5.78.